The number of hydrogen-bond acceptors (Lipinski definition) is 0. The third-order valence-corrected chi connectivity index (χ3v) is 8.72. The third-order valence-electron chi connectivity index (χ3n) is 6.24. The topological polar surface area (TPSA) is 0 Å². The van der Waals surface area contributed by atoms with E-state index >= 15 is 0 Å². The molecule has 0 aliphatic heterocycles. The van der Waals surface area contributed by atoms with Gasteiger partial charge in [0.05, 0.1) is 0 Å². The van der Waals surface area contributed by atoms with E-state index in [2.05, 4.69) is 140 Å². The van der Waals surface area contributed by atoms with E-state index in [0.717, 1.165) is 0 Å². The summed E-state index contributed by atoms with van der Waals surface area (Å²) in [5, 5.41) is 9.31. The molecule has 0 nitrogen and oxygen atoms in total. The molecule has 0 spiro atoms. The minimum absolute atomic E-state index is 0.346. The van der Waals surface area contributed by atoms with Crippen LogP contribution in [0.4, 0.5) is 0 Å². The number of hydrogen-bond donors (Lipinski definition) is 0. The maximum absolute atomic E-state index is 4.85. The summed E-state index contributed by atoms with van der Waals surface area (Å²) in [6.45, 7) is 0. The van der Waals surface area contributed by atoms with E-state index in [1.807, 2.05) is 0 Å². The van der Waals surface area contributed by atoms with Crippen molar-refractivity contribution in [2.24, 2.45) is 0 Å². The summed E-state index contributed by atoms with van der Waals surface area (Å²) < 4.78 is 0. The van der Waals surface area contributed by atoms with Crippen molar-refractivity contribution in [3.63, 3.8) is 0 Å². The number of rotatable bonds is 4. The van der Waals surface area contributed by atoms with Crippen molar-refractivity contribution >= 4 is 64.8 Å². The second-order valence-electron chi connectivity index (χ2n) is 8.26. The molecule has 36 heavy (non-hydrogen) atoms. The van der Waals surface area contributed by atoms with Gasteiger partial charge in [-0.05, 0) is 56.5 Å². The van der Waals surface area contributed by atoms with Gasteiger partial charge in [-0.1, -0.05) is 140 Å². The van der Waals surface area contributed by atoms with Crippen molar-refractivity contribution in [3.8, 4) is 11.1 Å². The summed E-state index contributed by atoms with van der Waals surface area (Å²) in [6.07, 6.45) is 0. The van der Waals surface area contributed by atoms with E-state index < -0.39 is 7.92 Å². The van der Waals surface area contributed by atoms with E-state index in [1.54, 1.807) is 0 Å². The van der Waals surface area contributed by atoms with Crippen LogP contribution in [0.15, 0.2) is 140 Å². The second kappa shape index (κ2) is 12.1. The molecular weight excluding hydrogens is 587 g/mol. The molecule has 178 valence electrons. The molecule has 0 radical (unpaired) electrons. The van der Waals surface area contributed by atoms with Crippen molar-refractivity contribution in [1.82, 2.24) is 0 Å². The van der Waals surface area contributed by atoms with Crippen LogP contribution < -0.4 is 15.9 Å². The zero-order chi connectivity index (χ0) is 24.7. The Morgan fingerprint density at radius 3 is 1.53 bits per heavy atom. The van der Waals surface area contributed by atoms with Crippen LogP contribution in [0.25, 0.3) is 32.7 Å². The molecule has 0 aliphatic rings. The third kappa shape index (κ3) is 5.27. The minimum Gasteiger partial charge on any atom is -0.0622 e. The van der Waals surface area contributed by atoms with Crippen LogP contribution in [0.5, 0.6) is 0 Å². The quantitative estimate of drug-likeness (QED) is 0.138. The van der Waals surface area contributed by atoms with Gasteiger partial charge in [0, 0.05) is 0 Å². The SMILES string of the molecule is [Cl][Ru][Cl].c1ccc(P(c2ccccc2)c2ccc3ccccc3c2-c2cccc3ccccc23)cc1. The zero-order valence-corrected chi connectivity index (χ0v) is 23.5. The zero-order valence-electron chi connectivity index (χ0n) is 19.3. The van der Waals surface area contributed by atoms with Crippen LogP contribution in [0.3, 0.4) is 0 Å². The summed E-state index contributed by atoms with van der Waals surface area (Å²) in [5.41, 5.74) is 2.66. The smallest absolute Gasteiger partial charge is 0.00155 e. The van der Waals surface area contributed by atoms with Gasteiger partial charge in [0.25, 0.3) is 0 Å². The summed E-state index contributed by atoms with van der Waals surface area (Å²) in [5.74, 6) is 0. The summed E-state index contributed by atoms with van der Waals surface area (Å²) in [4.78, 5) is 0. The number of fused-ring (bicyclic) bond motifs is 2. The molecule has 0 unspecified atom stereocenters. The maximum Gasteiger partial charge on any atom is -0.00155 e. The average molecular weight is 610 g/mol. The predicted molar refractivity (Wildman–Crippen MR) is 157 cm³/mol. The Kier molecular flexibility index (Phi) is 8.48. The van der Waals surface area contributed by atoms with Crippen LogP contribution in [0.2, 0.25) is 0 Å². The maximum atomic E-state index is 4.85. The molecule has 0 fully saturated rings. The first-order chi connectivity index (χ1) is 17.8. The Morgan fingerprint density at radius 1 is 0.444 bits per heavy atom. The van der Waals surface area contributed by atoms with Crippen LogP contribution >= 0.6 is 27.3 Å². The fourth-order valence-corrected chi connectivity index (χ4v) is 7.24. The average Bonchev–Trinajstić information content (AvgIpc) is 2.94. The minimum atomic E-state index is -0.719. The largest absolute Gasteiger partial charge is 0.0622 e. The Balaban J connectivity index is 0.000000848. The van der Waals surface area contributed by atoms with E-state index in [9.17, 15) is 0 Å². The van der Waals surface area contributed by atoms with Crippen LogP contribution in [-0.4, -0.2) is 0 Å². The molecule has 0 atom stereocenters. The first-order valence-corrected chi connectivity index (χ1v) is 17.4. The van der Waals surface area contributed by atoms with Gasteiger partial charge in [-0.25, -0.2) is 0 Å². The van der Waals surface area contributed by atoms with Crippen molar-refractivity contribution in [2.45, 2.75) is 0 Å². The first-order valence-electron chi connectivity index (χ1n) is 11.6. The van der Waals surface area contributed by atoms with Crippen molar-refractivity contribution in [1.29, 1.82) is 0 Å². The molecule has 0 saturated carbocycles. The predicted octanol–water partition coefficient (Wildman–Crippen LogP) is 8.79. The Labute approximate surface area is 229 Å². The number of benzene rings is 6. The van der Waals surface area contributed by atoms with Crippen molar-refractivity contribution < 1.29 is 15.1 Å². The second-order valence-corrected chi connectivity index (χ2v) is 13.1. The number of halogens is 2. The van der Waals surface area contributed by atoms with Crippen molar-refractivity contribution in [3.05, 3.63) is 140 Å². The molecule has 0 saturated heterocycles. The summed E-state index contributed by atoms with van der Waals surface area (Å²) >= 11 is -0.346. The summed E-state index contributed by atoms with van der Waals surface area (Å²) in [6, 6.07) is 50.8. The van der Waals surface area contributed by atoms with Gasteiger partial charge in [0.1, 0.15) is 0 Å². The summed E-state index contributed by atoms with van der Waals surface area (Å²) in [7, 11) is 8.99. The molecule has 0 amide bonds. The van der Waals surface area contributed by atoms with E-state index in [1.165, 1.54) is 48.6 Å². The molecule has 6 aromatic carbocycles. The van der Waals surface area contributed by atoms with Gasteiger partial charge in [-0.2, -0.15) is 0 Å². The van der Waals surface area contributed by atoms with E-state index in [-0.39, 0.29) is 15.1 Å². The molecule has 0 N–H and O–H groups in total. The fraction of sp³-hybridized carbons (Fsp3) is 0. The van der Waals surface area contributed by atoms with E-state index in [0.29, 0.717) is 0 Å². The van der Waals surface area contributed by atoms with Gasteiger partial charge < -0.3 is 0 Å². The molecule has 6 rings (SSSR count). The molecule has 4 heteroatoms. The van der Waals surface area contributed by atoms with Crippen molar-refractivity contribution in [2.75, 3.05) is 0 Å². The first kappa shape index (κ1) is 25.1. The Hall–Kier alpha value is -2.53. The Bertz CT molecular complexity index is 1540. The van der Waals surface area contributed by atoms with Gasteiger partial charge in [0.2, 0.25) is 0 Å². The molecule has 0 aliphatic carbocycles. The normalized spacial score (nSPS) is 11.0. The van der Waals surface area contributed by atoms with Gasteiger partial charge in [-0.15, -0.1) is 0 Å². The monoisotopic (exact) mass is 610 g/mol. The molecule has 6 aromatic rings. The van der Waals surface area contributed by atoms with Gasteiger partial charge >= 0.3 is 34.5 Å². The molecule has 0 bridgehead atoms. The van der Waals surface area contributed by atoms with E-state index in [4.69, 9.17) is 19.4 Å². The van der Waals surface area contributed by atoms with Crippen LogP contribution in [0.1, 0.15) is 0 Å². The van der Waals surface area contributed by atoms with Gasteiger partial charge in [0.15, 0.2) is 0 Å². The molecule has 0 heterocycles. The molecular formula is C32H23Cl2PRu. The fourth-order valence-electron chi connectivity index (χ4n) is 4.75. The standard InChI is InChI=1S/C32H23P.2ClH.Ru/c1-3-15-26(16-4-1)33(27-17-5-2-6-18-27)31-23-22-25-13-8-10-20-29(25)32(31)30-21-11-14-24-12-7-9-19-28(24)30;;;/h1-23H;2*1H;/q;;;+2/p-2. The Morgan fingerprint density at radius 2 is 0.917 bits per heavy atom. The van der Waals surface area contributed by atoms with Crippen LogP contribution in [-0.2, 0) is 15.1 Å². The van der Waals surface area contributed by atoms with Gasteiger partial charge in [-0.3, -0.25) is 0 Å². The van der Waals surface area contributed by atoms with Crippen LogP contribution in [0, 0.1) is 0 Å². The molecule has 0 aromatic heterocycles.